The van der Waals surface area contributed by atoms with Gasteiger partial charge in [-0.05, 0) is 24.3 Å². The van der Waals surface area contributed by atoms with Crippen molar-refractivity contribution in [1.82, 2.24) is 5.32 Å². The average molecular weight is 152 g/mol. The lowest BCUT2D eigenvalue weighted by Crippen LogP contribution is -1.83. The van der Waals surface area contributed by atoms with Crippen molar-refractivity contribution in [2.75, 3.05) is 0 Å². The van der Waals surface area contributed by atoms with Gasteiger partial charge in [-0.1, -0.05) is 11.6 Å². The first kappa shape index (κ1) is 6.91. The quantitative estimate of drug-likeness (QED) is 0.566. The number of benzene rings is 1. The predicted molar refractivity (Wildman–Crippen MR) is 38.9 cm³/mol. The molecule has 1 aromatic rings. The molecule has 0 N–H and O–H groups in total. The number of nitrogens with zero attached hydrogens (tertiary/aromatic N) is 2. The van der Waals surface area contributed by atoms with Gasteiger partial charge in [0.25, 0.3) is 0 Å². The summed E-state index contributed by atoms with van der Waals surface area (Å²) in [5.41, 5.74) is 0.631. The Morgan fingerprint density at radius 3 is 2.40 bits per heavy atom. The molecule has 0 saturated heterocycles. The molecule has 0 aliphatic heterocycles. The van der Waals surface area contributed by atoms with Crippen molar-refractivity contribution in [3.05, 3.63) is 29.3 Å². The normalized spacial score (nSPS) is 8.40. The maximum Gasteiger partial charge on any atom is 0.206 e. The Morgan fingerprint density at radius 1 is 1.30 bits per heavy atom. The predicted octanol–water partition coefficient (Wildman–Crippen LogP) is 2.06. The molecule has 0 aliphatic carbocycles. The molecular formula is C7H4ClN2. The van der Waals surface area contributed by atoms with Crippen LogP contribution < -0.4 is 5.32 Å². The molecule has 0 heterocycles. The van der Waals surface area contributed by atoms with Crippen molar-refractivity contribution < 1.29 is 0 Å². The van der Waals surface area contributed by atoms with Gasteiger partial charge < -0.3 is 0 Å². The Bertz CT molecular complexity index is 247. The van der Waals surface area contributed by atoms with Gasteiger partial charge in [-0.2, -0.15) is 10.6 Å². The molecule has 10 heavy (non-hydrogen) atoms. The number of nitriles is 1. The van der Waals surface area contributed by atoms with Crippen LogP contribution in [0, 0.1) is 11.5 Å². The van der Waals surface area contributed by atoms with Crippen molar-refractivity contribution in [3.8, 4) is 6.19 Å². The van der Waals surface area contributed by atoms with Crippen LogP contribution in [0.15, 0.2) is 24.3 Å². The highest BCUT2D eigenvalue weighted by atomic mass is 35.5. The van der Waals surface area contributed by atoms with E-state index in [1.165, 1.54) is 0 Å². The molecule has 0 bridgehead atoms. The van der Waals surface area contributed by atoms with Crippen molar-refractivity contribution >= 4 is 17.3 Å². The van der Waals surface area contributed by atoms with Gasteiger partial charge in [0, 0.05) is 5.02 Å². The lowest BCUT2D eigenvalue weighted by atomic mass is 10.3. The average Bonchev–Trinajstić information content (AvgIpc) is 1.95. The summed E-state index contributed by atoms with van der Waals surface area (Å²) < 4.78 is 0. The number of hydrogen-bond acceptors (Lipinski definition) is 1. The molecule has 0 aromatic heterocycles. The molecule has 1 aromatic carbocycles. The summed E-state index contributed by atoms with van der Waals surface area (Å²) in [6.07, 6.45) is 1.69. The molecule has 1 rings (SSSR count). The Hall–Kier alpha value is -1.20. The van der Waals surface area contributed by atoms with Crippen LogP contribution in [0.25, 0.3) is 0 Å². The van der Waals surface area contributed by atoms with Crippen molar-refractivity contribution in [2.45, 2.75) is 0 Å². The SMILES string of the molecule is N#C[N]c1ccc(Cl)cc1. The Kier molecular flexibility index (Phi) is 2.14. The fourth-order valence-electron chi connectivity index (χ4n) is 0.573. The lowest BCUT2D eigenvalue weighted by molar-refractivity contribution is 1.18. The number of hydrogen-bond donors (Lipinski definition) is 0. The molecule has 0 unspecified atom stereocenters. The van der Waals surface area contributed by atoms with Gasteiger partial charge in [0.15, 0.2) is 0 Å². The summed E-state index contributed by atoms with van der Waals surface area (Å²) in [5, 5.41) is 12.3. The Balaban J connectivity index is 2.81. The van der Waals surface area contributed by atoms with Gasteiger partial charge in [-0.3, -0.25) is 0 Å². The van der Waals surface area contributed by atoms with Gasteiger partial charge in [0.05, 0.1) is 5.69 Å². The van der Waals surface area contributed by atoms with Crippen LogP contribution in [-0.4, -0.2) is 0 Å². The second-order valence-electron chi connectivity index (χ2n) is 1.69. The minimum absolute atomic E-state index is 0.631. The van der Waals surface area contributed by atoms with E-state index in [1.807, 2.05) is 0 Å². The van der Waals surface area contributed by atoms with Crippen LogP contribution in [0.5, 0.6) is 0 Å². The van der Waals surface area contributed by atoms with Gasteiger partial charge in [-0.15, -0.1) is 0 Å². The summed E-state index contributed by atoms with van der Waals surface area (Å²) in [4.78, 5) is 0. The van der Waals surface area contributed by atoms with E-state index in [2.05, 4.69) is 5.32 Å². The van der Waals surface area contributed by atoms with Gasteiger partial charge >= 0.3 is 0 Å². The first-order valence-corrected chi connectivity index (χ1v) is 3.06. The summed E-state index contributed by atoms with van der Waals surface area (Å²) in [6, 6.07) is 6.76. The van der Waals surface area contributed by atoms with E-state index in [-0.39, 0.29) is 0 Å². The molecule has 0 aliphatic rings. The van der Waals surface area contributed by atoms with Crippen LogP contribution in [0.2, 0.25) is 5.02 Å². The second-order valence-corrected chi connectivity index (χ2v) is 2.12. The van der Waals surface area contributed by atoms with Gasteiger partial charge in [-0.25, -0.2) is 0 Å². The van der Waals surface area contributed by atoms with E-state index in [9.17, 15) is 0 Å². The van der Waals surface area contributed by atoms with Gasteiger partial charge in [0.2, 0.25) is 6.19 Å². The third-order valence-electron chi connectivity index (χ3n) is 1.01. The Labute approximate surface area is 64.0 Å². The maximum atomic E-state index is 8.14. The molecule has 0 fully saturated rings. The highest BCUT2D eigenvalue weighted by molar-refractivity contribution is 6.30. The fraction of sp³-hybridized carbons (Fsp3) is 0. The number of rotatable bonds is 1. The van der Waals surface area contributed by atoms with Crippen molar-refractivity contribution in [3.63, 3.8) is 0 Å². The fourth-order valence-corrected chi connectivity index (χ4v) is 0.699. The largest absolute Gasteiger partial charge is 0.206 e. The highest BCUT2D eigenvalue weighted by Crippen LogP contribution is 2.12. The molecule has 2 nitrogen and oxygen atoms in total. The summed E-state index contributed by atoms with van der Waals surface area (Å²) in [6.45, 7) is 0. The zero-order valence-corrected chi connectivity index (χ0v) is 5.84. The van der Waals surface area contributed by atoms with E-state index in [0.29, 0.717) is 10.7 Å². The van der Waals surface area contributed by atoms with Crippen LogP contribution in [0.1, 0.15) is 0 Å². The highest BCUT2D eigenvalue weighted by Gasteiger charge is 1.89. The van der Waals surface area contributed by atoms with Gasteiger partial charge in [0.1, 0.15) is 0 Å². The zero-order valence-electron chi connectivity index (χ0n) is 5.08. The van der Waals surface area contributed by atoms with Crippen LogP contribution in [0.3, 0.4) is 0 Å². The third-order valence-corrected chi connectivity index (χ3v) is 1.26. The first-order chi connectivity index (χ1) is 4.83. The van der Waals surface area contributed by atoms with Crippen LogP contribution in [-0.2, 0) is 0 Å². The van der Waals surface area contributed by atoms with E-state index in [0.717, 1.165) is 0 Å². The molecule has 0 amide bonds. The summed E-state index contributed by atoms with van der Waals surface area (Å²) in [5.74, 6) is 0. The third kappa shape index (κ3) is 1.64. The summed E-state index contributed by atoms with van der Waals surface area (Å²) in [7, 11) is 0. The van der Waals surface area contributed by atoms with Crippen LogP contribution in [0.4, 0.5) is 5.69 Å². The molecular weight excluding hydrogens is 148 g/mol. The van der Waals surface area contributed by atoms with E-state index in [4.69, 9.17) is 16.9 Å². The minimum Gasteiger partial charge on any atom is -0.174 e. The second kappa shape index (κ2) is 3.09. The molecule has 3 heteroatoms. The first-order valence-electron chi connectivity index (χ1n) is 2.68. The minimum atomic E-state index is 0.631. The monoisotopic (exact) mass is 151 g/mol. The summed E-state index contributed by atoms with van der Waals surface area (Å²) >= 11 is 5.59. The lowest BCUT2D eigenvalue weighted by Gasteiger charge is -1.91. The molecule has 0 atom stereocenters. The molecule has 1 radical (unpaired) electrons. The molecule has 49 valence electrons. The Morgan fingerprint density at radius 2 is 1.90 bits per heavy atom. The standard InChI is InChI=1S/C7H4ClN2/c8-6-1-3-7(4-2-6)10-5-9/h1-4H. The topological polar surface area (TPSA) is 37.9 Å². The maximum absolute atomic E-state index is 8.14. The van der Waals surface area contributed by atoms with Crippen molar-refractivity contribution in [1.29, 1.82) is 5.26 Å². The van der Waals surface area contributed by atoms with E-state index >= 15 is 0 Å². The van der Waals surface area contributed by atoms with E-state index < -0.39 is 0 Å². The van der Waals surface area contributed by atoms with Crippen LogP contribution >= 0.6 is 11.6 Å². The smallest absolute Gasteiger partial charge is 0.174 e. The van der Waals surface area contributed by atoms with Crippen molar-refractivity contribution in [2.24, 2.45) is 0 Å². The number of halogens is 1. The zero-order chi connectivity index (χ0) is 7.40. The van der Waals surface area contributed by atoms with E-state index in [1.54, 1.807) is 30.5 Å². The molecule has 0 saturated carbocycles. The molecule has 0 spiro atoms.